The molecule has 25 heavy (non-hydrogen) atoms. The van der Waals surface area contributed by atoms with Gasteiger partial charge in [0.05, 0.1) is 6.10 Å². The van der Waals surface area contributed by atoms with Gasteiger partial charge < -0.3 is 10.0 Å². The minimum atomic E-state index is -0.661. The van der Waals surface area contributed by atoms with Gasteiger partial charge in [-0.15, -0.1) is 0 Å². The zero-order valence-corrected chi connectivity index (χ0v) is 14.6. The first-order valence-corrected chi connectivity index (χ1v) is 8.43. The second kappa shape index (κ2) is 7.82. The van der Waals surface area contributed by atoms with Crippen molar-refractivity contribution >= 4 is 11.3 Å². The van der Waals surface area contributed by atoms with Crippen LogP contribution in [-0.4, -0.2) is 19.2 Å². The van der Waals surface area contributed by atoms with E-state index >= 15 is 0 Å². The number of hydrogen-bond donors (Lipinski definition) is 1. The number of rotatable bonds is 5. The Kier molecular flexibility index (Phi) is 5.32. The number of nitrogens with zero attached hydrogens (tertiary/aromatic N) is 1. The summed E-state index contributed by atoms with van der Waals surface area (Å²) in [7, 11) is 4.02. The Morgan fingerprint density at radius 2 is 1.24 bits per heavy atom. The molecule has 2 heteroatoms. The fourth-order valence-electron chi connectivity index (χ4n) is 2.82. The standard InChI is InChI=1S/C23H23NO/c1-24(2)21-15-13-20(14-16-21)23(25)17-22(18-9-5-3-6-10-18)19-11-7-4-8-12-19/h3-17,23,25H,1-2H3. The predicted octanol–water partition coefficient (Wildman–Crippen LogP) is 4.92. The second-order valence-corrected chi connectivity index (χ2v) is 6.24. The van der Waals surface area contributed by atoms with Crippen LogP contribution in [0.3, 0.4) is 0 Å². The first kappa shape index (κ1) is 17.0. The van der Waals surface area contributed by atoms with Crippen LogP contribution in [0.1, 0.15) is 22.8 Å². The number of benzene rings is 3. The maximum absolute atomic E-state index is 10.8. The van der Waals surface area contributed by atoms with Crippen LogP contribution in [0.2, 0.25) is 0 Å². The molecule has 1 unspecified atom stereocenters. The minimum absolute atomic E-state index is 0.661. The van der Waals surface area contributed by atoms with E-state index in [1.165, 1.54) is 0 Å². The summed E-state index contributed by atoms with van der Waals surface area (Å²) in [5.74, 6) is 0. The van der Waals surface area contributed by atoms with E-state index < -0.39 is 6.10 Å². The molecule has 3 aromatic carbocycles. The zero-order chi connectivity index (χ0) is 17.6. The largest absolute Gasteiger partial charge is 0.384 e. The van der Waals surface area contributed by atoms with Gasteiger partial charge in [0.25, 0.3) is 0 Å². The zero-order valence-electron chi connectivity index (χ0n) is 14.6. The van der Waals surface area contributed by atoms with Gasteiger partial charge in [-0.25, -0.2) is 0 Å². The molecule has 0 spiro atoms. The van der Waals surface area contributed by atoms with Crippen LogP contribution >= 0.6 is 0 Å². The van der Waals surface area contributed by atoms with Crippen LogP contribution in [0.4, 0.5) is 5.69 Å². The third-order valence-electron chi connectivity index (χ3n) is 4.25. The summed E-state index contributed by atoms with van der Waals surface area (Å²) in [6.45, 7) is 0. The van der Waals surface area contributed by atoms with Crippen LogP contribution < -0.4 is 4.90 Å². The highest BCUT2D eigenvalue weighted by Crippen LogP contribution is 2.28. The Labute approximate surface area is 149 Å². The van der Waals surface area contributed by atoms with Gasteiger partial charge in [-0.1, -0.05) is 72.8 Å². The summed E-state index contributed by atoms with van der Waals surface area (Å²) < 4.78 is 0. The molecule has 0 heterocycles. The van der Waals surface area contributed by atoms with E-state index in [2.05, 4.69) is 24.3 Å². The summed E-state index contributed by atoms with van der Waals surface area (Å²) in [6, 6.07) is 28.4. The maximum atomic E-state index is 10.8. The molecule has 0 aliphatic heterocycles. The van der Waals surface area contributed by atoms with E-state index in [4.69, 9.17) is 0 Å². The molecule has 0 fully saturated rings. The van der Waals surface area contributed by atoms with Crippen LogP contribution in [0.25, 0.3) is 5.57 Å². The molecule has 3 rings (SSSR count). The molecule has 3 aromatic rings. The van der Waals surface area contributed by atoms with Crippen LogP contribution in [0.15, 0.2) is 91.0 Å². The molecule has 0 aromatic heterocycles. The van der Waals surface area contributed by atoms with E-state index in [0.29, 0.717) is 0 Å². The summed E-state index contributed by atoms with van der Waals surface area (Å²) in [4.78, 5) is 2.05. The van der Waals surface area contributed by atoms with Crippen molar-refractivity contribution in [2.24, 2.45) is 0 Å². The maximum Gasteiger partial charge on any atom is 0.0981 e. The topological polar surface area (TPSA) is 23.5 Å². The molecular formula is C23H23NO. The lowest BCUT2D eigenvalue weighted by Gasteiger charge is -2.15. The van der Waals surface area contributed by atoms with Crippen molar-refractivity contribution in [3.8, 4) is 0 Å². The third-order valence-corrected chi connectivity index (χ3v) is 4.25. The van der Waals surface area contributed by atoms with Gasteiger partial charge >= 0.3 is 0 Å². The Bertz CT molecular complexity index is 779. The average Bonchev–Trinajstić information content (AvgIpc) is 2.67. The third kappa shape index (κ3) is 4.17. The second-order valence-electron chi connectivity index (χ2n) is 6.24. The molecule has 1 N–H and O–H groups in total. The molecule has 0 saturated heterocycles. The lowest BCUT2D eigenvalue weighted by molar-refractivity contribution is 0.229. The minimum Gasteiger partial charge on any atom is -0.384 e. The number of hydrogen-bond acceptors (Lipinski definition) is 2. The highest BCUT2D eigenvalue weighted by Gasteiger charge is 2.10. The Morgan fingerprint density at radius 3 is 1.68 bits per heavy atom. The Morgan fingerprint density at radius 1 is 0.760 bits per heavy atom. The van der Waals surface area contributed by atoms with Crippen molar-refractivity contribution in [3.63, 3.8) is 0 Å². The molecule has 0 aliphatic rings. The molecule has 0 amide bonds. The van der Waals surface area contributed by atoms with Gasteiger partial charge in [0.15, 0.2) is 0 Å². The summed E-state index contributed by atoms with van der Waals surface area (Å²) in [5, 5.41) is 10.8. The first-order chi connectivity index (χ1) is 12.1. The lowest BCUT2D eigenvalue weighted by Crippen LogP contribution is -2.08. The molecule has 0 bridgehead atoms. The Balaban J connectivity index is 1.98. The summed E-state index contributed by atoms with van der Waals surface area (Å²) in [5.41, 5.74) is 5.22. The normalized spacial score (nSPS) is 11.6. The Hall–Kier alpha value is -2.84. The van der Waals surface area contributed by atoms with E-state index in [1.807, 2.05) is 85.7 Å². The van der Waals surface area contributed by atoms with Gasteiger partial charge in [0, 0.05) is 19.8 Å². The van der Waals surface area contributed by atoms with Crippen molar-refractivity contribution < 1.29 is 5.11 Å². The highest BCUT2D eigenvalue weighted by molar-refractivity contribution is 5.80. The van der Waals surface area contributed by atoms with Gasteiger partial charge in [-0.05, 0) is 40.5 Å². The fraction of sp³-hybridized carbons (Fsp3) is 0.130. The molecule has 2 nitrogen and oxygen atoms in total. The van der Waals surface area contributed by atoms with Gasteiger partial charge in [0.1, 0.15) is 0 Å². The molecule has 126 valence electrons. The first-order valence-electron chi connectivity index (χ1n) is 8.43. The fourth-order valence-corrected chi connectivity index (χ4v) is 2.82. The number of anilines is 1. The highest BCUT2D eigenvalue weighted by atomic mass is 16.3. The quantitative estimate of drug-likeness (QED) is 0.718. The number of aliphatic hydroxyl groups excluding tert-OH is 1. The monoisotopic (exact) mass is 329 g/mol. The SMILES string of the molecule is CN(C)c1ccc(C(O)C=C(c2ccccc2)c2ccccc2)cc1. The summed E-state index contributed by atoms with van der Waals surface area (Å²) >= 11 is 0. The molecule has 0 saturated carbocycles. The number of aliphatic hydroxyl groups is 1. The van der Waals surface area contributed by atoms with E-state index in [0.717, 1.165) is 28.0 Å². The van der Waals surface area contributed by atoms with E-state index in [9.17, 15) is 5.11 Å². The van der Waals surface area contributed by atoms with Crippen molar-refractivity contribution in [1.29, 1.82) is 0 Å². The van der Waals surface area contributed by atoms with Crippen molar-refractivity contribution in [2.45, 2.75) is 6.10 Å². The van der Waals surface area contributed by atoms with Crippen LogP contribution in [-0.2, 0) is 0 Å². The van der Waals surface area contributed by atoms with E-state index in [1.54, 1.807) is 0 Å². The van der Waals surface area contributed by atoms with Crippen LogP contribution in [0, 0.1) is 0 Å². The molecule has 0 aliphatic carbocycles. The molecule has 1 atom stereocenters. The van der Waals surface area contributed by atoms with Crippen molar-refractivity contribution in [2.75, 3.05) is 19.0 Å². The lowest BCUT2D eigenvalue weighted by atomic mass is 9.95. The molecular weight excluding hydrogens is 306 g/mol. The van der Waals surface area contributed by atoms with Gasteiger partial charge in [-0.3, -0.25) is 0 Å². The van der Waals surface area contributed by atoms with Gasteiger partial charge in [0.2, 0.25) is 0 Å². The predicted molar refractivity (Wildman–Crippen MR) is 106 cm³/mol. The van der Waals surface area contributed by atoms with Crippen LogP contribution in [0.5, 0.6) is 0 Å². The van der Waals surface area contributed by atoms with E-state index in [-0.39, 0.29) is 0 Å². The summed E-state index contributed by atoms with van der Waals surface area (Å²) in [6.07, 6.45) is 1.27. The smallest absolute Gasteiger partial charge is 0.0981 e. The van der Waals surface area contributed by atoms with Gasteiger partial charge in [-0.2, -0.15) is 0 Å². The van der Waals surface area contributed by atoms with Crippen molar-refractivity contribution in [3.05, 3.63) is 108 Å². The molecule has 0 radical (unpaired) electrons. The average molecular weight is 329 g/mol. The van der Waals surface area contributed by atoms with Crippen molar-refractivity contribution in [1.82, 2.24) is 0 Å².